The van der Waals surface area contributed by atoms with Gasteiger partial charge in [-0.25, -0.2) is 0 Å². The average molecular weight is 369 g/mol. The number of aromatic nitrogens is 3. The zero-order chi connectivity index (χ0) is 19.9. The van der Waals surface area contributed by atoms with E-state index in [1.54, 1.807) is 53.9 Å². The van der Waals surface area contributed by atoms with Crippen LogP contribution >= 0.6 is 0 Å². The van der Waals surface area contributed by atoms with Gasteiger partial charge in [0.2, 0.25) is 6.04 Å². The van der Waals surface area contributed by atoms with Crippen molar-refractivity contribution in [2.24, 2.45) is 5.73 Å². The lowest BCUT2D eigenvalue weighted by Crippen LogP contribution is -2.49. The molecule has 0 spiro atoms. The number of pyridine rings is 3. The van der Waals surface area contributed by atoms with Gasteiger partial charge in [0.05, 0.1) is 0 Å². The highest BCUT2D eigenvalue weighted by Gasteiger charge is 2.39. The van der Waals surface area contributed by atoms with E-state index in [2.05, 4.69) is 15.8 Å². The van der Waals surface area contributed by atoms with Gasteiger partial charge in [0.15, 0.2) is 12.4 Å². The Balaban J connectivity index is 2.07. The largest absolute Gasteiger partial charge is 0.364 e. The van der Waals surface area contributed by atoms with Crippen molar-refractivity contribution in [3.05, 3.63) is 84.7 Å². The first-order valence-corrected chi connectivity index (χ1v) is 8.46. The van der Waals surface area contributed by atoms with E-state index < -0.39 is 17.9 Å². The van der Waals surface area contributed by atoms with Crippen LogP contribution in [0.15, 0.2) is 79.2 Å². The minimum absolute atomic E-state index is 0.00232. The predicted molar refractivity (Wildman–Crippen MR) is 102 cm³/mol. The molecule has 1 amide bonds. The molecule has 0 aliphatic heterocycles. The van der Waals surface area contributed by atoms with Crippen LogP contribution in [0.3, 0.4) is 0 Å². The van der Waals surface area contributed by atoms with E-state index in [0.717, 1.165) is 11.1 Å². The number of nitriles is 1. The molecule has 0 unspecified atom stereocenters. The number of rotatable bonds is 6. The van der Waals surface area contributed by atoms with Gasteiger partial charge < -0.3 is 5.73 Å². The predicted octanol–water partition coefficient (Wildman–Crippen LogP) is 1.94. The van der Waals surface area contributed by atoms with E-state index in [9.17, 15) is 10.1 Å². The number of allylic oxidation sites excluding steroid dienone is 1. The molecule has 0 bridgehead atoms. The molecule has 0 fully saturated rings. The number of hydrogen-bond donors (Lipinski definition) is 2. The number of carbonyl (C=O) groups excluding carboxylic acids is 1. The SMILES string of the molecule is N#CC(=C=N)[C@@H](c1cccnc1)[C@H](C(N)=O)[n+]1ccc(-c2ccncc2)cc1. The monoisotopic (exact) mass is 369 g/mol. The quantitative estimate of drug-likeness (QED) is 0.392. The van der Waals surface area contributed by atoms with Crippen molar-refractivity contribution in [3.8, 4) is 17.2 Å². The standard InChI is InChI=1S/C21H16N6O/c22-12-18(13-23)19(17-2-1-7-26-14-17)20(21(24)28)27-10-5-16(6-11-27)15-3-8-25-9-4-15/h1-11,14,19-20,22H,(H-,24,28)/p+1/t19-,20-/m1/s1. The van der Waals surface area contributed by atoms with Crippen LogP contribution in [-0.4, -0.2) is 21.7 Å². The molecule has 0 saturated heterocycles. The van der Waals surface area contributed by atoms with Crippen molar-refractivity contribution in [1.82, 2.24) is 9.97 Å². The van der Waals surface area contributed by atoms with Gasteiger partial charge in [-0.05, 0) is 40.8 Å². The molecule has 28 heavy (non-hydrogen) atoms. The second-order valence-electron chi connectivity index (χ2n) is 6.03. The van der Waals surface area contributed by atoms with E-state index in [4.69, 9.17) is 11.1 Å². The van der Waals surface area contributed by atoms with Crippen LogP contribution in [-0.2, 0) is 4.79 Å². The summed E-state index contributed by atoms with van der Waals surface area (Å²) < 4.78 is 1.64. The summed E-state index contributed by atoms with van der Waals surface area (Å²) in [6, 6.07) is 12.0. The van der Waals surface area contributed by atoms with Crippen molar-refractivity contribution < 1.29 is 9.36 Å². The van der Waals surface area contributed by atoms with Gasteiger partial charge in [0.25, 0.3) is 5.91 Å². The van der Waals surface area contributed by atoms with Gasteiger partial charge in [0, 0.05) is 36.9 Å². The third kappa shape index (κ3) is 3.83. The maximum atomic E-state index is 12.4. The summed E-state index contributed by atoms with van der Waals surface area (Å²) in [6.45, 7) is 0. The van der Waals surface area contributed by atoms with Gasteiger partial charge >= 0.3 is 0 Å². The molecule has 3 rings (SSSR count). The highest BCUT2D eigenvalue weighted by atomic mass is 16.1. The first kappa shape index (κ1) is 18.6. The zero-order valence-electron chi connectivity index (χ0n) is 14.9. The number of primary amides is 1. The van der Waals surface area contributed by atoms with Crippen molar-refractivity contribution in [1.29, 1.82) is 10.7 Å². The molecular formula is C21H17N6O+. The van der Waals surface area contributed by atoms with Crippen molar-refractivity contribution >= 4 is 11.8 Å². The fourth-order valence-corrected chi connectivity index (χ4v) is 3.09. The summed E-state index contributed by atoms with van der Waals surface area (Å²) in [7, 11) is 0. The Morgan fingerprint density at radius 1 is 1.07 bits per heavy atom. The molecule has 0 saturated carbocycles. The number of nitrogens with two attached hydrogens (primary N) is 1. The molecule has 3 aromatic heterocycles. The minimum Gasteiger partial charge on any atom is -0.364 e. The number of amides is 1. The third-order valence-corrected chi connectivity index (χ3v) is 4.40. The van der Waals surface area contributed by atoms with E-state index in [0.29, 0.717) is 5.56 Å². The maximum absolute atomic E-state index is 12.4. The van der Waals surface area contributed by atoms with Crippen LogP contribution < -0.4 is 10.3 Å². The summed E-state index contributed by atoms with van der Waals surface area (Å²) in [5, 5.41) is 17.0. The van der Waals surface area contributed by atoms with E-state index in [1.807, 2.05) is 30.3 Å². The molecular weight excluding hydrogens is 352 g/mol. The second kappa shape index (κ2) is 8.49. The van der Waals surface area contributed by atoms with Crippen molar-refractivity contribution in [2.45, 2.75) is 12.0 Å². The summed E-state index contributed by atoms with van der Waals surface area (Å²) in [5.41, 5.74) is 8.24. The first-order valence-electron chi connectivity index (χ1n) is 8.46. The van der Waals surface area contributed by atoms with E-state index in [1.165, 1.54) is 0 Å². The molecule has 7 nitrogen and oxygen atoms in total. The Kier molecular flexibility index (Phi) is 5.66. The fraction of sp³-hybridized carbons (Fsp3) is 0.0952. The normalized spacial score (nSPS) is 12.2. The highest BCUT2D eigenvalue weighted by molar-refractivity contribution is 5.80. The number of hydrogen-bond acceptors (Lipinski definition) is 5. The van der Waals surface area contributed by atoms with Crippen LogP contribution in [0.25, 0.3) is 11.1 Å². The summed E-state index contributed by atoms with van der Waals surface area (Å²) in [5.74, 6) is 0.743. The molecule has 0 aliphatic carbocycles. The Bertz CT molecular complexity index is 1050. The Morgan fingerprint density at radius 2 is 1.75 bits per heavy atom. The summed E-state index contributed by atoms with van der Waals surface area (Å²) >= 11 is 0. The molecule has 3 aromatic rings. The van der Waals surface area contributed by atoms with Gasteiger partial charge in [-0.2, -0.15) is 9.83 Å². The van der Waals surface area contributed by atoms with Crippen molar-refractivity contribution in [3.63, 3.8) is 0 Å². The molecule has 7 heteroatoms. The second-order valence-corrected chi connectivity index (χ2v) is 6.03. The summed E-state index contributed by atoms with van der Waals surface area (Å²) in [4.78, 5) is 20.4. The van der Waals surface area contributed by atoms with Gasteiger partial charge in [-0.3, -0.25) is 20.2 Å². The fourth-order valence-electron chi connectivity index (χ4n) is 3.09. The lowest BCUT2D eigenvalue weighted by atomic mass is 9.86. The topological polar surface area (TPSA) is 120 Å². The van der Waals surface area contributed by atoms with Crippen LogP contribution in [0.4, 0.5) is 0 Å². The number of carbonyl (C=O) groups is 1. The van der Waals surface area contributed by atoms with Crippen LogP contribution in [0.1, 0.15) is 17.5 Å². The lowest BCUT2D eigenvalue weighted by molar-refractivity contribution is -0.711. The van der Waals surface area contributed by atoms with E-state index >= 15 is 0 Å². The zero-order valence-corrected chi connectivity index (χ0v) is 14.9. The average Bonchev–Trinajstić information content (AvgIpc) is 2.75. The first-order chi connectivity index (χ1) is 13.7. The van der Waals surface area contributed by atoms with Crippen LogP contribution in [0.5, 0.6) is 0 Å². The summed E-state index contributed by atoms with van der Waals surface area (Å²) in [6.07, 6.45) is 10.0. The van der Waals surface area contributed by atoms with Gasteiger partial charge in [0.1, 0.15) is 17.6 Å². The van der Waals surface area contributed by atoms with Crippen molar-refractivity contribution in [2.75, 3.05) is 0 Å². The Labute approximate surface area is 161 Å². The number of nitrogens with one attached hydrogen (secondary N) is 1. The Morgan fingerprint density at radius 3 is 2.29 bits per heavy atom. The molecule has 136 valence electrons. The Hall–Kier alpha value is -4.14. The third-order valence-electron chi connectivity index (χ3n) is 4.40. The minimum atomic E-state index is -0.914. The molecule has 0 aliphatic rings. The smallest absolute Gasteiger partial charge is 0.287 e. The van der Waals surface area contributed by atoms with Gasteiger partial charge in [-0.1, -0.05) is 6.07 Å². The maximum Gasteiger partial charge on any atom is 0.287 e. The van der Waals surface area contributed by atoms with Crippen LogP contribution in [0, 0.1) is 16.7 Å². The molecule has 0 radical (unpaired) electrons. The van der Waals surface area contributed by atoms with Crippen LogP contribution in [0.2, 0.25) is 0 Å². The number of nitrogens with zero attached hydrogens (tertiary/aromatic N) is 4. The van der Waals surface area contributed by atoms with E-state index in [-0.39, 0.29) is 5.57 Å². The molecule has 3 N–H and O–H groups in total. The molecule has 3 heterocycles. The molecule has 2 atom stereocenters. The molecule has 0 aromatic carbocycles. The lowest BCUT2D eigenvalue weighted by Gasteiger charge is -2.19. The van der Waals surface area contributed by atoms with Gasteiger partial charge in [-0.15, -0.1) is 0 Å². The highest BCUT2D eigenvalue weighted by Crippen LogP contribution is 2.31.